The molecule has 0 atom stereocenters. The van der Waals surface area contributed by atoms with Gasteiger partial charge in [-0.05, 0) is 42.3 Å². The first-order valence-electron chi connectivity index (χ1n) is 10.0. The molecular formula is C24H20ClNO7. The highest BCUT2D eigenvalue weighted by molar-refractivity contribution is 6.29. The molecule has 9 heteroatoms. The number of allylic oxidation sites excluding steroid dienone is 1. The van der Waals surface area contributed by atoms with Crippen LogP contribution in [0.15, 0.2) is 46.7 Å². The van der Waals surface area contributed by atoms with Crippen LogP contribution in [0.3, 0.4) is 0 Å². The van der Waals surface area contributed by atoms with E-state index in [9.17, 15) is 9.59 Å². The Kier molecular flexibility index (Phi) is 6.37. The standard InChI is InChI=1S/C24H20ClNO7/c1-13-8-16(31-22(27)7-5-15-12-21(25)26-33-15)11-19-23(13)24(28)20(32-19)10-14-4-6-17(29-2)18(9-14)30-3/h4,6,8-12H,5,7H2,1-3H3/b20-10-. The molecule has 8 nitrogen and oxygen atoms in total. The molecule has 33 heavy (non-hydrogen) atoms. The number of carbonyl (C=O) groups excluding carboxylic acids is 2. The average Bonchev–Trinajstić information content (AvgIpc) is 3.35. The largest absolute Gasteiger partial charge is 0.493 e. The smallest absolute Gasteiger partial charge is 0.311 e. The highest BCUT2D eigenvalue weighted by atomic mass is 35.5. The van der Waals surface area contributed by atoms with Gasteiger partial charge in [-0.1, -0.05) is 22.8 Å². The SMILES string of the molecule is COc1ccc(/C=C2\Oc3cc(OC(=O)CCc4cc(Cl)no4)cc(C)c3C2=O)cc1OC. The van der Waals surface area contributed by atoms with Crippen LogP contribution in [0.1, 0.15) is 33.7 Å². The Labute approximate surface area is 194 Å². The number of hydrogen-bond donors (Lipinski definition) is 0. The van der Waals surface area contributed by atoms with Crippen molar-refractivity contribution in [2.45, 2.75) is 19.8 Å². The van der Waals surface area contributed by atoms with Crippen molar-refractivity contribution in [1.29, 1.82) is 0 Å². The summed E-state index contributed by atoms with van der Waals surface area (Å²) in [6.45, 7) is 1.76. The minimum absolute atomic E-state index is 0.0753. The van der Waals surface area contributed by atoms with Crippen LogP contribution in [0.2, 0.25) is 5.15 Å². The fourth-order valence-corrected chi connectivity index (χ4v) is 3.60. The van der Waals surface area contributed by atoms with Crippen LogP contribution in [0.4, 0.5) is 0 Å². The third kappa shape index (κ3) is 4.85. The summed E-state index contributed by atoms with van der Waals surface area (Å²) >= 11 is 5.70. The number of rotatable bonds is 7. The summed E-state index contributed by atoms with van der Waals surface area (Å²) in [4.78, 5) is 25.1. The van der Waals surface area contributed by atoms with Crippen molar-refractivity contribution in [2.75, 3.05) is 14.2 Å². The zero-order valence-electron chi connectivity index (χ0n) is 18.1. The van der Waals surface area contributed by atoms with Gasteiger partial charge < -0.3 is 23.5 Å². The van der Waals surface area contributed by atoms with Crippen molar-refractivity contribution in [1.82, 2.24) is 5.16 Å². The zero-order valence-corrected chi connectivity index (χ0v) is 18.9. The van der Waals surface area contributed by atoms with Crippen LogP contribution >= 0.6 is 11.6 Å². The zero-order chi connectivity index (χ0) is 23.5. The highest BCUT2D eigenvalue weighted by Crippen LogP contribution is 2.38. The second-order valence-electron chi connectivity index (χ2n) is 7.26. The second-order valence-corrected chi connectivity index (χ2v) is 7.64. The van der Waals surface area contributed by atoms with Crippen molar-refractivity contribution in [3.05, 3.63) is 69.8 Å². The molecule has 2 aromatic carbocycles. The van der Waals surface area contributed by atoms with Gasteiger partial charge in [-0.3, -0.25) is 9.59 Å². The van der Waals surface area contributed by atoms with E-state index in [1.165, 1.54) is 13.2 Å². The molecule has 0 fully saturated rings. The lowest BCUT2D eigenvalue weighted by Gasteiger charge is -2.08. The van der Waals surface area contributed by atoms with E-state index >= 15 is 0 Å². The molecule has 0 amide bonds. The summed E-state index contributed by atoms with van der Waals surface area (Å²) in [7, 11) is 3.09. The van der Waals surface area contributed by atoms with Crippen molar-refractivity contribution >= 4 is 29.4 Å². The molecule has 1 aromatic heterocycles. The molecule has 0 unspecified atom stereocenters. The quantitative estimate of drug-likeness (QED) is 0.276. The van der Waals surface area contributed by atoms with Crippen molar-refractivity contribution < 1.29 is 33.1 Å². The van der Waals surface area contributed by atoms with Gasteiger partial charge in [-0.25, -0.2) is 0 Å². The summed E-state index contributed by atoms with van der Waals surface area (Å²) in [5.74, 6) is 1.66. The summed E-state index contributed by atoms with van der Waals surface area (Å²) in [6, 6.07) is 9.97. The average molecular weight is 470 g/mol. The first-order valence-corrected chi connectivity index (χ1v) is 10.4. The number of hydrogen-bond acceptors (Lipinski definition) is 8. The minimum Gasteiger partial charge on any atom is -0.493 e. The van der Waals surface area contributed by atoms with E-state index in [1.54, 1.807) is 50.4 Å². The third-order valence-corrected chi connectivity index (χ3v) is 5.16. The monoisotopic (exact) mass is 469 g/mol. The molecule has 0 radical (unpaired) electrons. The lowest BCUT2D eigenvalue weighted by Crippen LogP contribution is -2.09. The lowest BCUT2D eigenvalue weighted by molar-refractivity contribution is -0.134. The predicted molar refractivity (Wildman–Crippen MR) is 119 cm³/mol. The van der Waals surface area contributed by atoms with E-state index < -0.39 is 5.97 Å². The number of aryl methyl sites for hydroxylation is 2. The summed E-state index contributed by atoms with van der Waals surface area (Å²) in [5, 5.41) is 3.79. The van der Waals surface area contributed by atoms with E-state index in [0.717, 1.165) is 0 Å². The van der Waals surface area contributed by atoms with Gasteiger partial charge >= 0.3 is 5.97 Å². The molecule has 1 aliphatic heterocycles. The topological polar surface area (TPSA) is 97.1 Å². The highest BCUT2D eigenvalue weighted by Gasteiger charge is 2.30. The van der Waals surface area contributed by atoms with Crippen LogP contribution < -0.4 is 18.9 Å². The number of nitrogens with zero attached hydrogens (tertiary/aromatic N) is 1. The van der Waals surface area contributed by atoms with Crippen LogP contribution in [0.25, 0.3) is 6.08 Å². The van der Waals surface area contributed by atoms with Gasteiger partial charge in [0.25, 0.3) is 0 Å². The fourth-order valence-electron chi connectivity index (χ4n) is 3.44. The van der Waals surface area contributed by atoms with E-state index in [4.69, 9.17) is 35.1 Å². The van der Waals surface area contributed by atoms with Crippen LogP contribution in [0.5, 0.6) is 23.0 Å². The maximum absolute atomic E-state index is 12.9. The molecule has 0 bridgehead atoms. The number of aromatic nitrogens is 1. The molecule has 170 valence electrons. The maximum atomic E-state index is 12.9. The van der Waals surface area contributed by atoms with Gasteiger partial charge in [0, 0.05) is 18.6 Å². The molecule has 0 spiro atoms. The number of fused-ring (bicyclic) bond motifs is 1. The van der Waals surface area contributed by atoms with E-state index in [0.29, 0.717) is 46.1 Å². The summed E-state index contributed by atoms with van der Waals surface area (Å²) in [5.41, 5.74) is 1.77. The number of methoxy groups -OCH3 is 2. The number of benzene rings is 2. The van der Waals surface area contributed by atoms with Gasteiger partial charge in [-0.2, -0.15) is 0 Å². The predicted octanol–water partition coefficient (Wildman–Crippen LogP) is 4.81. The first-order chi connectivity index (χ1) is 15.9. The number of Topliss-reactive ketones (excluding diaryl/α,β-unsaturated/α-hetero) is 1. The molecule has 0 saturated heterocycles. The second kappa shape index (κ2) is 9.38. The molecular weight excluding hydrogens is 450 g/mol. The molecule has 0 aliphatic carbocycles. The lowest BCUT2D eigenvalue weighted by atomic mass is 10.0. The van der Waals surface area contributed by atoms with Crippen LogP contribution in [0, 0.1) is 6.92 Å². The van der Waals surface area contributed by atoms with Gasteiger partial charge in [0.05, 0.1) is 26.2 Å². The van der Waals surface area contributed by atoms with Crippen LogP contribution in [-0.2, 0) is 11.2 Å². The van der Waals surface area contributed by atoms with Crippen molar-refractivity contribution in [3.63, 3.8) is 0 Å². The third-order valence-electron chi connectivity index (χ3n) is 4.99. The Morgan fingerprint density at radius 2 is 1.91 bits per heavy atom. The molecule has 4 rings (SSSR count). The maximum Gasteiger partial charge on any atom is 0.311 e. The molecule has 1 aliphatic rings. The van der Waals surface area contributed by atoms with Gasteiger partial charge in [-0.15, -0.1) is 0 Å². The Morgan fingerprint density at radius 1 is 1.12 bits per heavy atom. The molecule has 2 heterocycles. The van der Waals surface area contributed by atoms with E-state index in [-0.39, 0.29) is 28.9 Å². The number of halogens is 1. The Bertz CT molecular complexity index is 1260. The Balaban J connectivity index is 1.49. The molecule has 0 saturated carbocycles. The van der Waals surface area contributed by atoms with Crippen molar-refractivity contribution in [2.24, 2.45) is 0 Å². The van der Waals surface area contributed by atoms with Gasteiger partial charge in [0.1, 0.15) is 17.3 Å². The fraction of sp³-hybridized carbons (Fsp3) is 0.208. The van der Waals surface area contributed by atoms with Gasteiger partial charge in [0.15, 0.2) is 22.4 Å². The molecule has 0 N–H and O–H groups in total. The van der Waals surface area contributed by atoms with Gasteiger partial charge in [0.2, 0.25) is 5.78 Å². The minimum atomic E-state index is -0.465. The number of ether oxygens (including phenoxy) is 4. The van der Waals surface area contributed by atoms with E-state index in [2.05, 4.69) is 5.16 Å². The summed E-state index contributed by atoms with van der Waals surface area (Å²) < 4.78 is 26.7. The Morgan fingerprint density at radius 3 is 2.61 bits per heavy atom. The molecule has 3 aromatic rings. The van der Waals surface area contributed by atoms with Crippen LogP contribution in [-0.4, -0.2) is 31.1 Å². The van der Waals surface area contributed by atoms with Crippen molar-refractivity contribution in [3.8, 4) is 23.0 Å². The van der Waals surface area contributed by atoms with E-state index in [1.807, 2.05) is 0 Å². The first kappa shape index (κ1) is 22.4. The number of esters is 1. The summed E-state index contributed by atoms with van der Waals surface area (Å²) in [6.07, 6.45) is 2.00. The normalized spacial score (nSPS) is 13.6. The number of carbonyl (C=O) groups is 2. The number of ketones is 1. The Hall–Kier alpha value is -3.78.